The zero-order valence-electron chi connectivity index (χ0n) is 7.61. The summed E-state index contributed by atoms with van der Waals surface area (Å²) in [5, 5.41) is 9.97. The molecule has 0 aromatic heterocycles. The Balaban J connectivity index is 2.12. The fourth-order valence-corrected chi connectivity index (χ4v) is 1.61. The minimum atomic E-state index is -1.12. The van der Waals surface area contributed by atoms with Crippen LogP contribution in [0.15, 0.2) is 30.3 Å². The van der Waals surface area contributed by atoms with Crippen LogP contribution in [0.1, 0.15) is 24.8 Å². The normalized spacial score (nSPS) is 21.1. The third-order valence-corrected chi connectivity index (χ3v) is 2.57. The van der Waals surface area contributed by atoms with E-state index in [4.69, 9.17) is 5.73 Å². The van der Waals surface area contributed by atoms with E-state index in [2.05, 4.69) is 0 Å². The van der Waals surface area contributed by atoms with Gasteiger partial charge < -0.3 is 5.11 Å². The van der Waals surface area contributed by atoms with Crippen molar-refractivity contribution >= 4 is 0 Å². The summed E-state index contributed by atoms with van der Waals surface area (Å²) in [4.78, 5) is 0. The molecule has 2 heteroatoms. The van der Waals surface area contributed by atoms with Gasteiger partial charge in [0, 0.05) is 0 Å². The first-order valence-corrected chi connectivity index (χ1v) is 4.75. The number of aliphatic hydroxyl groups is 1. The summed E-state index contributed by atoms with van der Waals surface area (Å²) in [6.45, 7) is 0. The Morgan fingerprint density at radius 3 is 2.46 bits per heavy atom. The average Bonchev–Trinajstić information content (AvgIpc) is 2.89. The molecule has 2 rings (SSSR count). The first-order chi connectivity index (χ1) is 6.18. The summed E-state index contributed by atoms with van der Waals surface area (Å²) >= 11 is 0. The molecule has 1 aromatic carbocycles. The molecule has 13 heavy (non-hydrogen) atoms. The van der Waals surface area contributed by atoms with Crippen LogP contribution < -0.4 is 5.73 Å². The van der Waals surface area contributed by atoms with Gasteiger partial charge in [0.25, 0.3) is 0 Å². The quantitative estimate of drug-likeness (QED) is 0.689. The maximum Gasteiger partial charge on any atom is 0.139 e. The molecule has 0 radical (unpaired) electrons. The lowest BCUT2D eigenvalue weighted by Crippen LogP contribution is -2.36. The van der Waals surface area contributed by atoms with Gasteiger partial charge >= 0.3 is 0 Å². The Morgan fingerprint density at radius 1 is 1.31 bits per heavy atom. The number of rotatable bonds is 3. The Morgan fingerprint density at radius 2 is 1.92 bits per heavy atom. The monoisotopic (exact) mass is 177 g/mol. The van der Waals surface area contributed by atoms with Gasteiger partial charge in [-0.3, -0.25) is 5.73 Å². The van der Waals surface area contributed by atoms with Crippen LogP contribution >= 0.6 is 0 Å². The number of nitrogens with two attached hydrogens (primary N) is 1. The van der Waals surface area contributed by atoms with Crippen molar-refractivity contribution in [3.63, 3.8) is 0 Å². The molecule has 0 saturated heterocycles. The molecule has 1 aliphatic carbocycles. The van der Waals surface area contributed by atoms with Crippen LogP contribution in [-0.2, 0) is 5.72 Å². The van der Waals surface area contributed by atoms with E-state index in [-0.39, 0.29) is 0 Å². The van der Waals surface area contributed by atoms with E-state index in [1.54, 1.807) is 0 Å². The molecule has 3 N–H and O–H groups in total. The lowest BCUT2D eigenvalue weighted by Gasteiger charge is -2.23. The molecule has 70 valence electrons. The minimum Gasteiger partial charge on any atom is -0.372 e. The summed E-state index contributed by atoms with van der Waals surface area (Å²) in [6.07, 6.45) is 3.12. The van der Waals surface area contributed by atoms with E-state index in [0.717, 1.165) is 5.56 Å². The summed E-state index contributed by atoms with van der Waals surface area (Å²) < 4.78 is 0. The maximum absolute atomic E-state index is 9.97. The number of hydrogen-bond donors (Lipinski definition) is 2. The largest absolute Gasteiger partial charge is 0.372 e. The van der Waals surface area contributed by atoms with Crippen molar-refractivity contribution in [3.05, 3.63) is 35.9 Å². The van der Waals surface area contributed by atoms with Crippen molar-refractivity contribution in [2.24, 2.45) is 11.7 Å². The molecule has 2 nitrogen and oxygen atoms in total. The van der Waals surface area contributed by atoms with Crippen LogP contribution in [0.5, 0.6) is 0 Å². The summed E-state index contributed by atoms with van der Waals surface area (Å²) in [5.74, 6) is 0.634. The molecular weight excluding hydrogens is 162 g/mol. The van der Waals surface area contributed by atoms with Gasteiger partial charge in [-0.2, -0.15) is 0 Å². The Kier molecular flexibility index (Phi) is 2.10. The van der Waals surface area contributed by atoms with Gasteiger partial charge in [-0.1, -0.05) is 43.2 Å². The van der Waals surface area contributed by atoms with E-state index in [0.29, 0.717) is 12.3 Å². The lowest BCUT2D eigenvalue weighted by atomic mass is 9.98. The highest BCUT2D eigenvalue weighted by Crippen LogP contribution is 2.38. The van der Waals surface area contributed by atoms with Crippen LogP contribution in [0.25, 0.3) is 0 Å². The van der Waals surface area contributed by atoms with Crippen molar-refractivity contribution in [3.8, 4) is 0 Å². The van der Waals surface area contributed by atoms with E-state index >= 15 is 0 Å². The SMILES string of the molecule is NC(O)(CC1CC1)c1ccccc1. The first-order valence-electron chi connectivity index (χ1n) is 4.75. The predicted octanol–water partition coefficient (Wildman–Crippen LogP) is 1.59. The van der Waals surface area contributed by atoms with E-state index in [9.17, 15) is 5.11 Å². The van der Waals surface area contributed by atoms with E-state index in [1.165, 1.54) is 12.8 Å². The molecule has 0 heterocycles. The van der Waals surface area contributed by atoms with Gasteiger partial charge in [-0.15, -0.1) is 0 Å². The van der Waals surface area contributed by atoms with Crippen molar-refractivity contribution < 1.29 is 5.11 Å². The third-order valence-electron chi connectivity index (χ3n) is 2.57. The molecule has 1 saturated carbocycles. The summed E-state index contributed by atoms with van der Waals surface area (Å²) in [7, 11) is 0. The highest BCUT2D eigenvalue weighted by molar-refractivity contribution is 5.21. The van der Waals surface area contributed by atoms with E-state index < -0.39 is 5.72 Å². The van der Waals surface area contributed by atoms with Crippen molar-refractivity contribution in [1.29, 1.82) is 0 Å². The van der Waals surface area contributed by atoms with Crippen LogP contribution in [-0.4, -0.2) is 5.11 Å². The van der Waals surface area contributed by atoms with Crippen molar-refractivity contribution in [2.75, 3.05) is 0 Å². The topological polar surface area (TPSA) is 46.2 Å². The lowest BCUT2D eigenvalue weighted by molar-refractivity contribution is 0.0284. The Labute approximate surface area is 78.4 Å². The first kappa shape index (κ1) is 8.73. The van der Waals surface area contributed by atoms with Gasteiger partial charge in [0.15, 0.2) is 0 Å². The Hall–Kier alpha value is -0.860. The van der Waals surface area contributed by atoms with Crippen LogP contribution in [0, 0.1) is 5.92 Å². The molecular formula is C11H15NO. The van der Waals surface area contributed by atoms with Crippen LogP contribution in [0.2, 0.25) is 0 Å². The second-order valence-electron chi connectivity index (χ2n) is 3.94. The van der Waals surface area contributed by atoms with E-state index in [1.807, 2.05) is 30.3 Å². The number of benzene rings is 1. The molecule has 0 aliphatic heterocycles. The molecule has 1 aromatic rings. The number of hydrogen-bond acceptors (Lipinski definition) is 2. The fraction of sp³-hybridized carbons (Fsp3) is 0.455. The molecule has 1 unspecified atom stereocenters. The highest BCUT2D eigenvalue weighted by Gasteiger charge is 2.33. The molecule has 1 fully saturated rings. The minimum absolute atomic E-state index is 0.634. The molecule has 1 atom stereocenters. The van der Waals surface area contributed by atoms with Crippen LogP contribution in [0.3, 0.4) is 0 Å². The summed E-state index contributed by atoms with van der Waals surface area (Å²) in [5.41, 5.74) is 5.53. The molecule has 0 amide bonds. The van der Waals surface area contributed by atoms with Gasteiger partial charge in [-0.25, -0.2) is 0 Å². The van der Waals surface area contributed by atoms with Crippen molar-refractivity contribution in [1.82, 2.24) is 0 Å². The van der Waals surface area contributed by atoms with Gasteiger partial charge in [-0.05, 0) is 17.9 Å². The molecule has 0 spiro atoms. The van der Waals surface area contributed by atoms with Gasteiger partial charge in [0.2, 0.25) is 0 Å². The second kappa shape index (κ2) is 3.13. The third kappa shape index (κ3) is 2.08. The standard InChI is InChI=1S/C11H15NO/c12-11(13,8-9-6-7-9)10-4-2-1-3-5-10/h1-5,9,13H,6-8,12H2. The summed E-state index contributed by atoms with van der Waals surface area (Å²) in [6, 6.07) is 9.49. The van der Waals surface area contributed by atoms with Crippen molar-refractivity contribution in [2.45, 2.75) is 25.0 Å². The maximum atomic E-state index is 9.97. The zero-order valence-corrected chi connectivity index (χ0v) is 7.61. The molecule has 0 bridgehead atoms. The van der Waals surface area contributed by atoms with Crippen LogP contribution in [0.4, 0.5) is 0 Å². The predicted molar refractivity (Wildman–Crippen MR) is 51.9 cm³/mol. The van der Waals surface area contributed by atoms with Gasteiger partial charge in [0.05, 0.1) is 0 Å². The van der Waals surface area contributed by atoms with Gasteiger partial charge in [0.1, 0.15) is 5.72 Å². The highest BCUT2D eigenvalue weighted by atomic mass is 16.3. The smallest absolute Gasteiger partial charge is 0.139 e. The zero-order chi connectivity index (χ0) is 9.31. The molecule has 1 aliphatic rings. The second-order valence-corrected chi connectivity index (χ2v) is 3.94. The fourth-order valence-electron chi connectivity index (χ4n) is 1.61. The Bertz CT molecular complexity index is 277. The average molecular weight is 177 g/mol.